The average molecular weight is 280 g/mol. The first-order chi connectivity index (χ1) is 8.95. The van der Waals surface area contributed by atoms with Crippen LogP contribution < -0.4 is 5.32 Å². The van der Waals surface area contributed by atoms with E-state index in [2.05, 4.69) is 15.3 Å². The van der Waals surface area contributed by atoms with Gasteiger partial charge in [-0.2, -0.15) is 4.98 Å². The average Bonchev–Trinajstić information content (AvgIpc) is 2.73. The lowest BCUT2D eigenvalue weighted by Crippen LogP contribution is -2.13. The number of hydrogen-bond donors (Lipinski definition) is 1. The van der Waals surface area contributed by atoms with Crippen LogP contribution in [-0.4, -0.2) is 15.9 Å². The highest BCUT2D eigenvalue weighted by molar-refractivity contribution is 6.29. The Hall–Kier alpha value is -1.88. The molecule has 0 saturated carbocycles. The predicted octanol–water partition coefficient (Wildman–Crippen LogP) is 3.41. The number of halogens is 1. The SMILES string of the molecule is Cc1coc(NC(=O)c2cc(Cl)nc(C(C)C)c2)n1. The van der Waals surface area contributed by atoms with Gasteiger partial charge in [0.2, 0.25) is 0 Å². The highest BCUT2D eigenvalue weighted by Gasteiger charge is 2.13. The van der Waals surface area contributed by atoms with Gasteiger partial charge in [0.1, 0.15) is 11.4 Å². The first kappa shape index (κ1) is 13.5. The molecular weight excluding hydrogens is 266 g/mol. The van der Waals surface area contributed by atoms with Gasteiger partial charge in [-0.3, -0.25) is 10.1 Å². The second kappa shape index (κ2) is 5.40. The Morgan fingerprint density at radius 1 is 1.37 bits per heavy atom. The fourth-order valence-electron chi connectivity index (χ4n) is 1.52. The normalized spacial score (nSPS) is 10.8. The summed E-state index contributed by atoms with van der Waals surface area (Å²) in [6.45, 7) is 5.74. The van der Waals surface area contributed by atoms with Crippen LogP contribution in [0.25, 0.3) is 0 Å². The van der Waals surface area contributed by atoms with Gasteiger partial charge in [-0.1, -0.05) is 25.4 Å². The summed E-state index contributed by atoms with van der Waals surface area (Å²) in [5.74, 6) is -0.137. The van der Waals surface area contributed by atoms with Gasteiger partial charge in [0.25, 0.3) is 5.91 Å². The molecule has 1 amide bonds. The summed E-state index contributed by atoms with van der Waals surface area (Å²) in [6.07, 6.45) is 1.47. The molecule has 2 aromatic heterocycles. The van der Waals surface area contributed by atoms with E-state index < -0.39 is 0 Å². The number of anilines is 1. The topological polar surface area (TPSA) is 68.0 Å². The zero-order valence-electron chi connectivity index (χ0n) is 10.9. The van der Waals surface area contributed by atoms with Crippen molar-refractivity contribution in [2.24, 2.45) is 0 Å². The minimum Gasteiger partial charge on any atom is -0.432 e. The lowest BCUT2D eigenvalue weighted by atomic mass is 10.1. The molecule has 5 nitrogen and oxygen atoms in total. The van der Waals surface area contributed by atoms with Crippen molar-refractivity contribution in [1.29, 1.82) is 0 Å². The number of aryl methyl sites for hydroxylation is 1. The molecule has 0 saturated heterocycles. The van der Waals surface area contributed by atoms with E-state index in [1.807, 2.05) is 13.8 Å². The van der Waals surface area contributed by atoms with Gasteiger partial charge in [-0.15, -0.1) is 0 Å². The summed E-state index contributed by atoms with van der Waals surface area (Å²) in [7, 11) is 0. The molecule has 100 valence electrons. The first-order valence-corrected chi connectivity index (χ1v) is 6.24. The molecule has 0 aliphatic carbocycles. The van der Waals surface area contributed by atoms with E-state index in [0.717, 1.165) is 5.69 Å². The number of carbonyl (C=O) groups excluding carboxylic acids is 1. The molecular formula is C13H14ClN3O2. The van der Waals surface area contributed by atoms with Crippen molar-refractivity contribution in [2.45, 2.75) is 26.7 Å². The fraction of sp³-hybridized carbons (Fsp3) is 0.308. The largest absolute Gasteiger partial charge is 0.432 e. The molecule has 0 radical (unpaired) electrons. The van der Waals surface area contributed by atoms with Gasteiger partial charge in [-0.05, 0) is 25.0 Å². The molecule has 0 fully saturated rings. The lowest BCUT2D eigenvalue weighted by Gasteiger charge is -2.07. The second-order valence-electron chi connectivity index (χ2n) is 4.51. The van der Waals surface area contributed by atoms with E-state index in [-0.39, 0.29) is 17.8 Å². The molecule has 0 bridgehead atoms. The Morgan fingerprint density at radius 3 is 2.68 bits per heavy atom. The number of carbonyl (C=O) groups is 1. The zero-order valence-corrected chi connectivity index (χ0v) is 11.7. The summed E-state index contributed by atoms with van der Waals surface area (Å²) >= 11 is 5.92. The van der Waals surface area contributed by atoms with Crippen LogP contribution in [0, 0.1) is 6.92 Å². The fourth-order valence-corrected chi connectivity index (χ4v) is 1.74. The van der Waals surface area contributed by atoms with Crippen LogP contribution in [0.15, 0.2) is 22.8 Å². The van der Waals surface area contributed by atoms with Gasteiger partial charge in [-0.25, -0.2) is 4.98 Å². The Labute approximate surface area is 116 Å². The monoisotopic (exact) mass is 279 g/mol. The van der Waals surface area contributed by atoms with Crippen LogP contribution >= 0.6 is 11.6 Å². The predicted molar refractivity (Wildman–Crippen MR) is 72.5 cm³/mol. The summed E-state index contributed by atoms with van der Waals surface area (Å²) in [4.78, 5) is 20.2. The van der Waals surface area contributed by atoms with Crippen molar-refractivity contribution in [1.82, 2.24) is 9.97 Å². The molecule has 0 aliphatic heterocycles. The number of nitrogens with zero attached hydrogens (tertiary/aromatic N) is 2. The Bertz CT molecular complexity index is 608. The maximum Gasteiger partial charge on any atom is 0.301 e. The smallest absolute Gasteiger partial charge is 0.301 e. The maximum absolute atomic E-state index is 12.1. The quantitative estimate of drug-likeness (QED) is 0.874. The molecule has 0 aromatic carbocycles. The number of pyridine rings is 1. The number of hydrogen-bond acceptors (Lipinski definition) is 4. The minimum atomic E-state index is -0.326. The number of oxazole rings is 1. The molecule has 2 heterocycles. The van der Waals surface area contributed by atoms with E-state index in [9.17, 15) is 4.79 Å². The van der Waals surface area contributed by atoms with Crippen LogP contribution in [0.1, 0.15) is 41.5 Å². The van der Waals surface area contributed by atoms with Crippen molar-refractivity contribution >= 4 is 23.5 Å². The third-order valence-electron chi connectivity index (χ3n) is 2.51. The third-order valence-corrected chi connectivity index (χ3v) is 2.70. The molecule has 0 aliphatic rings. The first-order valence-electron chi connectivity index (χ1n) is 5.86. The maximum atomic E-state index is 12.1. The highest BCUT2D eigenvalue weighted by atomic mass is 35.5. The van der Waals surface area contributed by atoms with E-state index in [1.54, 1.807) is 13.0 Å². The van der Waals surface area contributed by atoms with Gasteiger partial charge >= 0.3 is 6.01 Å². The van der Waals surface area contributed by atoms with Crippen LogP contribution in [0.4, 0.5) is 6.01 Å². The Morgan fingerprint density at radius 2 is 2.11 bits per heavy atom. The third kappa shape index (κ3) is 3.32. The summed E-state index contributed by atoms with van der Waals surface area (Å²) < 4.78 is 5.07. The van der Waals surface area contributed by atoms with Crippen molar-refractivity contribution < 1.29 is 9.21 Å². The molecule has 19 heavy (non-hydrogen) atoms. The van der Waals surface area contributed by atoms with Crippen molar-refractivity contribution in [3.05, 3.63) is 40.5 Å². The summed E-state index contributed by atoms with van der Waals surface area (Å²) in [5, 5.41) is 2.86. The standard InChI is InChI=1S/C13H14ClN3O2/c1-7(2)10-4-9(5-11(14)16-10)12(18)17-13-15-8(3)6-19-13/h4-7H,1-3H3,(H,15,17,18). The lowest BCUT2D eigenvalue weighted by molar-refractivity contribution is 0.102. The Kier molecular flexibility index (Phi) is 3.85. The number of nitrogens with one attached hydrogen (secondary N) is 1. The number of aromatic nitrogens is 2. The molecule has 0 spiro atoms. The van der Waals surface area contributed by atoms with Crippen molar-refractivity contribution in [3.8, 4) is 0 Å². The molecule has 1 N–H and O–H groups in total. The van der Waals surface area contributed by atoms with Crippen LogP contribution in [0.2, 0.25) is 5.15 Å². The summed E-state index contributed by atoms with van der Waals surface area (Å²) in [5.41, 5.74) is 1.90. The molecule has 0 atom stereocenters. The van der Waals surface area contributed by atoms with Gasteiger partial charge in [0.05, 0.1) is 5.69 Å². The van der Waals surface area contributed by atoms with E-state index in [4.69, 9.17) is 16.0 Å². The van der Waals surface area contributed by atoms with Crippen molar-refractivity contribution in [2.75, 3.05) is 5.32 Å². The Balaban J connectivity index is 2.23. The van der Waals surface area contributed by atoms with E-state index >= 15 is 0 Å². The van der Waals surface area contributed by atoms with Crippen molar-refractivity contribution in [3.63, 3.8) is 0 Å². The second-order valence-corrected chi connectivity index (χ2v) is 4.89. The minimum absolute atomic E-state index is 0.168. The van der Waals surface area contributed by atoms with E-state index in [0.29, 0.717) is 16.4 Å². The van der Waals surface area contributed by atoms with Crippen LogP contribution in [0.3, 0.4) is 0 Å². The molecule has 2 rings (SSSR count). The van der Waals surface area contributed by atoms with Gasteiger partial charge in [0, 0.05) is 11.3 Å². The zero-order chi connectivity index (χ0) is 14.0. The molecule has 0 unspecified atom stereocenters. The molecule has 2 aromatic rings. The summed E-state index contributed by atoms with van der Waals surface area (Å²) in [6, 6.07) is 3.39. The van der Waals surface area contributed by atoms with Crippen LogP contribution in [-0.2, 0) is 0 Å². The van der Waals surface area contributed by atoms with Crippen LogP contribution in [0.5, 0.6) is 0 Å². The number of amides is 1. The number of rotatable bonds is 3. The van der Waals surface area contributed by atoms with Gasteiger partial charge in [0.15, 0.2) is 0 Å². The highest BCUT2D eigenvalue weighted by Crippen LogP contribution is 2.18. The van der Waals surface area contributed by atoms with Gasteiger partial charge < -0.3 is 4.42 Å². The molecule has 6 heteroatoms. The van der Waals surface area contributed by atoms with E-state index in [1.165, 1.54) is 12.3 Å².